The van der Waals surface area contributed by atoms with Crippen molar-refractivity contribution >= 4 is 16.8 Å². The smallest absolute Gasteiger partial charge is 0.266 e. The zero-order valence-electron chi connectivity index (χ0n) is 22.1. The fraction of sp³-hybridized carbons (Fsp3) is 0.500. The summed E-state index contributed by atoms with van der Waals surface area (Å²) in [6.07, 6.45) is 7.00. The van der Waals surface area contributed by atoms with E-state index in [1.54, 1.807) is 4.57 Å². The lowest BCUT2D eigenvalue weighted by Crippen LogP contribution is -2.38. The van der Waals surface area contributed by atoms with E-state index in [0.29, 0.717) is 35.6 Å². The number of amides is 1. The van der Waals surface area contributed by atoms with Gasteiger partial charge >= 0.3 is 0 Å². The summed E-state index contributed by atoms with van der Waals surface area (Å²) in [5.74, 6) is 1.24. The van der Waals surface area contributed by atoms with Gasteiger partial charge in [-0.3, -0.25) is 14.2 Å². The molecule has 35 heavy (non-hydrogen) atoms. The van der Waals surface area contributed by atoms with Gasteiger partial charge in [-0.2, -0.15) is 0 Å². The summed E-state index contributed by atoms with van der Waals surface area (Å²) in [4.78, 5) is 34.1. The van der Waals surface area contributed by atoms with Crippen LogP contribution in [-0.4, -0.2) is 26.9 Å². The molecule has 0 saturated carbocycles. The van der Waals surface area contributed by atoms with Crippen LogP contribution in [0, 0.1) is 12.8 Å². The lowest BCUT2D eigenvalue weighted by atomic mass is 10.1. The minimum Gasteiger partial charge on any atom is -0.333 e. The third kappa shape index (κ3) is 6.81. The molecule has 0 spiro atoms. The largest absolute Gasteiger partial charge is 0.333 e. The summed E-state index contributed by atoms with van der Waals surface area (Å²) in [6, 6.07) is 15.1. The lowest BCUT2D eigenvalue weighted by molar-refractivity contribution is -0.133. The second kappa shape index (κ2) is 12.7. The number of nitrogens with zero attached hydrogens (tertiary/aromatic N) is 3. The number of unbranched alkanes of at least 4 members (excludes halogenated alkanes) is 4. The summed E-state index contributed by atoms with van der Waals surface area (Å²) >= 11 is 0. The molecule has 1 amide bonds. The van der Waals surface area contributed by atoms with Gasteiger partial charge in [0.1, 0.15) is 5.82 Å². The first-order chi connectivity index (χ1) is 16.8. The first-order valence-electron chi connectivity index (χ1n) is 13.2. The van der Waals surface area contributed by atoms with Crippen molar-refractivity contribution in [2.24, 2.45) is 5.92 Å². The third-order valence-corrected chi connectivity index (χ3v) is 6.66. The number of hydrogen-bond acceptors (Lipinski definition) is 3. The van der Waals surface area contributed by atoms with E-state index >= 15 is 0 Å². The molecular weight excluding hydrogens is 434 g/mol. The molecular formula is C30H41N3O2. The Balaban J connectivity index is 2.04. The summed E-state index contributed by atoms with van der Waals surface area (Å²) < 4.78 is 1.71. The number of aryl methyl sites for hydroxylation is 1. The predicted molar refractivity (Wildman–Crippen MR) is 145 cm³/mol. The highest BCUT2D eigenvalue weighted by Crippen LogP contribution is 2.25. The van der Waals surface area contributed by atoms with Crippen molar-refractivity contribution in [2.75, 3.05) is 6.54 Å². The average Bonchev–Trinajstić information content (AvgIpc) is 2.83. The Morgan fingerprint density at radius 1 is 1.00 bits per heavy atom. The maximum Gasteiger partial charge on any atom is 0.266 e. The maximum absolute atomic E-state index is 13.7. The van der Waals surface area contributed by atoms with Crippen molar-refractivity contribution in [1.82, 2.24) is 14.5 Å². The molecule has 2 aromatic carbocycles. The Morgan fingerprint density at radius 3 is 2.46 bits per heavy atom. The van der Waals surface area contributed by atoms with E-state index in [4.69, 9.17) is 4.98 Å². The Bertz CT molecular complexity index is 1180. The molecule has 0 radical (unpaired) electrons. The number of fused-ring (bicyclic) bond motifs is 1. The normalized spacial score (nSPS) is 12.3. The Kier molecular flexibility index (Phi) is 9.64. The van der Waals surface area contributed by atoms with Crippen LogP contribution in [0.3, 0.4) is 0 Å². The van der Waals surface area contributed by atoms with Gasteiger partial charge in [0.15, 0.2) is 0 Å². The maximum atomic E-state index is 13.7. The van der Waals surface area contributed by atoms with Gasteiger partial charge in [0.05, 0.1) is 22.6 Å². The van der Waals surface area contributed by atoms with Crippen LogP contribution < -0.4 is 5.56 Å². The quantitative estimate of drug-likeness (QED) is 0.265. The van der Waals surface area contributed by atoms with Gasteiger partial charge in [-0.15, -0.1) is 0 Å². The first kappa shape index (κ1) is 26.7. The molecule has 1 heterocycles. The van der Waals surface area contributed by atoms with Crippen LogP contribution in [0.25, 0.3) is 16.6 Å². The molecule has 0 saturated heterocycles. The van der Waals surface area contributed by atoms with Crippen molar-refractivity contribution in [2.45, 2.75) is 85.6 Å². The summed E-state index contributed by atoms with van der Waals surface area (Å²) in [6.45, 7) is 11.2. The number of rotatable bonds is 12. The van der Waals surface area contributed by atoms with Crippen molar-refractivity contribution in [3.8, 4) is 5.69 Å². The number of para-hydroxylation sites is 1. The zero-order chi connectivity index (χ0) is 25.4. The SMILES string of the molecule is CCCCCCCC(=O)N(CCC(C)C)C(C)c1nc2ccccc2c(=O)n1-c1cccc(C)c1. The van der Waals surface area contributed by atoms with Crippen molar-refractivity contribution in [3.05, 3.63) is 70.3 Å². The molecule has 0 aliphatic rings. The summed E-state index contributed by atoms with van der Waals surface area (Å²) in [5, 5.41) is 0.584. The molecule has 1 aromatic heterocycles. The van der Waals surface area contributed by atoms with E-state index in [1.807, 2.05) is 67.3 Å². The highest BCUT2D eigenvalue weighted by Gasteiger charge is 2.26. The number of aromatic nitrogens is 2. The number of hydrogen-bond donors (Lipinski definition) is 0. The van der Waals surface area contributed by atoms with Gasteiger partial charge in [0, 0.05) is 13.0 Å². The van der Waals surface area contributed by atoms with Gasteiger partial charge in [-0.1, -0.05) is 70.7 Å². The van der Waals surface area contributed by atoms with Gasteiger partial charge in [0.2, 0.25) is 5.91 Å². The van der Waals surface area contributed by atoms with Gasteiger partial charge in [0.25, 0.3) is 5.56 Å². The highest BCUT2D eigenvalue weighted by molar-refractivity contribution is 5.79. The monoisotopic (exact) mass is 475 g/mol. The van der Waals surface area contributed by atoms with E-state index in [9.17, 15) is 9.59 Å². The fourth-order valence-corrected chi connectivity index (χ4v) is 4.54. The third-order valence-electron chi connectivity index (χ3n) is 6.66. The Morgan fingerprint density at radius 2 is 1.74 bits per heavy atom. The Hall–Kier alpha value is -2.95. The second-order valence-electron chi connectivity index (χ2n) is 10.1. The van der Waals surface area contributed by atoms with Crippen LogP contribution in [0.5, 0.6) is 0 Å². The van der Waals surface area contributed by atoms with Crippen LogP contribution in [0.1, 0.15) is 90.1 Å². The van der Waals surface area contributed by atoms with E-state index in [1.165, 1.54) is 19.3 Å². The number of carbonyl (C=O) groups excluding carboxylic acids is 1. The molecule has 188 valence electrons. The highest BCUT2D eigenvalue weighted by atomic mass is 16.2. The molecule has 3 rings (SSSR count). The molecule has 0 fully saturated rings. The topological polar surface area (TPSA) is 55.2 Å². The molecule has 1 atom stereocenters. The molecule has 0 aliphatic heterocycles. The second-order valence-corrected chi connectivity index (χ2v) is 10.1. The summed E-state index contributed by atoms with van der Waals surface area (Å²) in [7, 11) is 0. The predicted octanol–water partition coefficient (Wildman–Crippen LogP) is 6.99. The molecule has 3 aromatic rings. The van der Waals surface area contributed by atoms with E-state index < -0.39 is 0 Å². The Labute approximate surface area is 210 Å². The molecule has 1 unspecified atom stereocenters. The van der Waals surface area contributed by atoms with Crippen molar-refractivity contribution in [1.29, 1.82) is 0 Å². The molecule has 0 bridgehead atoms. The van der Waals surface area contributed by atoms with Crippen LogP contribution in [0.2, 0.25) is 0 Å². The van der Waals surface area contributed by atoms with Crippen molar-refractivity contribution < 1.29 is 4.79 Å². The standard InChI is InChI=1S/C30H41N3O2/c1-6-7-8-9-10-18-28(34)32(20-19-22(2)3)24(5)29-31-27-17-12-11-16-26(27)30(35)33(29)25-15-13-14-23(4)21-25/h11-17,21-22,24H,6-10,18-20H2,1-5H3. The van der Waals surface area contributed by atoms with Crippen LogP contribution >= 0.6 is 0 Å². The van der Waals surface area contributed by atoms with Gasteiger partial charge in [-0.25, -0.2) is 4.98 Å². The fourth-order valence-electron chi connectivity index (χ4n) is 4.54. The van der Waals surface area contributed by atoms with Gasteiger partial charge in [-0.05, 0) is 62.4 Å². The molecule has 0 N–H and O–H groups in total. The first-order valence-corrected chi connectivity index (χ1v) is 13.2. The van der Waals surface area contributed by atoms with Crippen molar-refractivity contribution in [3.63, 3.8) is 0 Å². The minimum absolute atomic E-state index is 0.0983. The van der Waals surface area contributed by atoms with E-state index in [2.05, 4.69) is 20.8 Å². The lowest BCUT2D eigenvalue weighted by Gasteiger charge is -2.31. The minimum atomic E-state index is -0.324. The van der Waals surface area contributed by atoms with Gasteiger partial charge < -0.3 is 4.90 Å². The number of carbonyl (C=O) groups is 1. The zero-order valence-corrected chi connectivity index (χ0v) is 22.1. The number of benzene rings is 2. The molecule has 0 aliphatic carbocycles. The van der Waals surface area contributed by atoms with Crippen LogP contribution in [-0.2, 0) is 4.79 Å². The van der Waals surface area contributed by atoms with E-state index in [-0.39, 0.29) is 17.5 Å². The van der Waals surface area contributed by atoms with Crippen LogP contribution in [0.4, 0.5) is 0 Å². The average molecular weight is 476 g/mol. The van der Waals surface area contributed by atoms with Crippen LogP contribution in [0.15, 0.2) is 53.3 Å². The van der Waals surface area contributed by atoms with E-state index in [0.717, 1.165) is 30.5 Å². The molecule has 5 heteroatoms. The summed E-state index contributed by atoms with van der Waals surface area (Å²) in [5.41, 5.74) is 2.42. The molecule has 5 nitrogen and oxygen atoms in total.